The number of hydrogen-bond donors (Lipinski definition) is 0. The number of fused-ring (bicyclic) bond motifs is 4. The molecule has 1 heterocycles. The maximum absolute atomic E-state index is 6.96. The van der Waals surface area contributed by atoms with Crippen LogP contribution < -0.4 is 0 Å². The number of rotatable bonds is 3. The van der Waals surface area contributed by atoms with Crippen LogP contribution in [0.4, 0.5) is 0 Å². The zero-order valence-electron chi connectivity index (χ0n) is 29.7. The van der Waals surface area contributed by atoms with E-state index in [1.807, 2.05) is 0 Å². The quantitative estimate of drug-likeness (QED) is 0.168. The van der Waals surface area contributed by atoms with Crippen LogP contribution in [-0.2, 0) is 0 Å². The van der Waals surface area contributed by atoms with Crippen molar-refractivity contribution in [3.8, 4) is 33.4 Å². The molecule has 0 amide bonds. The van der Waals surface area contributed by atoms with E-state index in [0.717, 1.165) is 27.5 Å². The minimum atomic E-state index is 0.911. The summed E-state index contributed by atoms with van der Waals surface area (Å²) in [5.74, 6) is 0. The van der Waals surface area contributed by atoms with Crippen molar-refractivity contribution in [2.45, 2.75) is 0 Å². The smallest absolute Gasteiger partial charge is 0.143 e. The fourth-order valence-electron chi connectivity index (χ4n) is 9.81. The number of furan rings is 1. The third kappa shape index (κ3) is 4.02. The summed E-state index contributed by atoms with van der Waals surface area (Å²) in [5, 5.41) is 20.1. The summed E-state index contributed by atoms with van der Waals surface area (Å²) in [6.07, 6.45) is 0. The molecule has 0 N–H and O–H groups in total. The van der Waals surface area contributed by atoms with E-state index in [0.29, 0.717) is 0 Å². The van der Waals surface area contributed by atoms with Crippen molar-refractivity contribution in [1.82, 2.24) is 0 Å². The van der Waals surface area contributed by atoms with Gasteiger partial charge < -0.3 is 4.42 Å². The molecular weight excluding hydrogens is 665 g/mol. The number of benzene rings is 12. The molecule has 0 fully saturated rings. The second-order valence-corrected chi connectivity index (χ2v) is 15.2. The maximum atomic E-state index is 6.96. The van der Waals surface area contributed by atoms with Gasteiger partial charge >= 0.3 is 0 Å². The van der Waals surface area contributed by atoms with Gasteiger partial charge in [-0.1, -0.05) is 158 Å². The molecular formula is C54H30O. The van der Waals surface area contributed by atoms with Gasteiger partial charge in [0.15, 0.2) is 0 Å². The summed E-state index contributed by atoms with van der Waals surface area (Å²) >= 11 is 0. The van der Waals surface area contributed by atoms with Crippen molar-refractivity contribution < 1.29 is 4.42 Å². The predicted molar refractivity (Wildman–Crippen MR) is 235 cm³/mol. The van der Waals surface area contributed by atoms with Crippen LogP contribution in [0.25, 0.3) is 131 Å². The molecule has 12 aromatic carbocycles. The second kappa shape index (κ2) is 10.7. The van der Waals surface area contributed by atoms with Gasteiger partial charge in [-0.3, -0.25) is 0 Å². The first-order valence-electron chi connectivity index (χ1n) is 19.1. The molecule has 13 rings (SSSR count). The van der Waals surface area contributed by atoms with Crippen molar-refractivity contribution in [2.75, 3.05) is 0 Å². The molecule has 0 atom stereocenters. The lowest BCUT2D eigenvalue weighted by Crippen LogP contribution is -1.91. The molecule has 252 valence electrons. The molecule has 13 aromatic rings. The van der Waals surface area contributed by atoms with E-state index < -0.39 is 0 Å². The first-order chi connectivity index (χ1) is 27.2. The Morgan fingerprint density at radius 3 is 1.42 bits per heavy atom. The van der Waals surface area contributed by atoms with E-state index in [1.54, 1.807) is 0 Å². The van der Waals surface area contributed by atoms with Crippen LogP contribution in [-0.4, -0.2) is 0 Å². The highest BCUT2D eigenvalue weighted by molar-refractivity contribution is 6.29. The first kappa shape index (κ1) is 29.3. The highest BCUT2D eigenvalue weighted by Crippen LogP contribution is 2.47. The molecule has 0 bridgehead atoms. The maximum Gasteiger partial charge on any atom is 0.143 e. The Hall–Kier alpha value is -7.22. The fraction of sp³-hybridized carbons (Fsp3) is 0. The summed E-state index contributed by atoms with van der Waals surface area (Å²) < 4.78 is 6.96. The molecule has 0 aliphatic rings. The summed E-state index contributed by atoms with van der Waals surface area (Å²) in [6.45, 7) is 0. The SMILES string of the molecule is c1ccc(-c2ccc3ccc4c(-c5cc(-c6ccc7ccc8cccc9ccc6c7c89)c6oc7cc8ccccc8cc7c6c5)ccc5ccc2c3c54)cc1. The van der Waals surface area contributed by atoms with Gasteiger partial charge in [-0.2, -0.15) is 0 Å². The Bertz CT molecular complexity index is 3680. The van der Waals surface area contributed by atoms with Crippen LogP contribution in [0.5, 0.6) is 0 Å². The molecule has 0 unspecified atom stereocenters. The van der Waals surface area contributed by atoms with E-state index in [-0.39, 0.29) is 0 Å². The van der Waals surface area contributed by atoms with Crippen LogP contribution in [0.2, 0.25) is 0 Å². The zero-order valence-corrected chi connectivity index (χ0v) is 29.7. The van der Waals surface area contributed by atoms with E-state index >= 15 is 0 Å². The lowest BCUT2D eigenvalue weighted by Gasteiger charge is -2.18. The first-order valence-corrected chi connectivity index (χ1v) is 19.1. The molecule has 0 aliphatic carbocycles. The Kier molecular flexibility index (Phi) is 5.69. The Balaban J connectivity index is 1.14. The monoisotopic (exact) mass is 694 g/mol. The van der Waals surface area contributed by atoms with Gasteiger partial charge in [0.2, 0.25) is 0 Å². The minimum Gasteiger partial charge on any atom is -0.455 e. The summed E-state index contributed by atoms with van der Waals surface area (Å²) in [4.78, 5) is 0. The van der Waals surface area contributed by atoms with Crippen LogP contribution >= 0.6 is 0 Å². The van der Waals surface area contributed by atoms with Gasteiger partial charge in [0.05, 0.1) is 0 Å². The van der Waals surface area contributed by atoms with Gasteiger partial charge in [-0.25, -0.2) is 0 Å². The summed E-state index contributed by atoms with van der Waals surface area (Å²) in [5.41, 5.74) is 9.05. The second-order valence-electron chi connectivity index (χ2n) is 15.2. The third-order valence-electron chi connectivity index (χ3n) is 12.3. The van der Waals surface area contributed by atoms with Gasteiger partial charge in [0.1, 0.15) is 11.2 Å². The van der Waals surface area contributed by atoms with E-state index in [4.69, 9.17) is 4.42 Å². The van der Waals surface area contributed by atoms with Crippen molar-refractivity contribution >= 4 is 97.3 Å². The Morgan fingerprint density at radius 2 is 0.745 bits per heavy atom. The van der Waals surface area contributed by atoms with Crippen molar-refractivity contribution in [3.05, 3.63) is 182 Å². The van der Waals surface area contributed by atoms with E-state index in [1.165, 1.54) is 103 Å². The Morgan fingerprint density at radius 1 is 0.255 bits per heavy atom. The van der Waals surface area contributed by atoms with Gasteiger partial charge in [-0.05, 0) is 127 Å². The molecule has 0 saturated heterocycles. The summed E-state index contributed by atoms with van der Waals surface area (Å²) in [6, 6.07) is 67.4. The largest absolute Gasteiger partial charge is 0.455 e. The average Bonchev–Trinajstić information content (AvgIpc) is 3.61. The van der Waals surface area contributed by atoms with Crippen molar-refractivity contribution in [2.24, 2.45) is 0 Å². The predicted octanol–water partition coefficient (Wildman–Crippen LogP) is 15.5. The van der Waals surface area contributed by atoms with Crippen LogP contribution in [0.15, 0.2) is 186 Å². The van der Waals surface area contributed by atoms with E-state index in [9.17, 15) is 0 Å². The lowest BCUT2D eigenvalue weighted by atomic mass is 9.85. The van der Waals surface area contributed by atoms with Gasteiger partial charge in [0, 0.05) is 16.3 Å². The topological polar surface area (TPSA) is 13.1 Å². The molecule has 0 spiro atoms. The van der Waals surface area contributed by atoms with Gasteiger partial charge in [0.25, 0.3) is 0 Å². The lowest BCUT2D eigenvalue weighted by molar-refractivity contribution is 0.670. The highest BCUT2D eigenvalue weighted by Gasteiger charge is 2.21. The molecule has 0 radical (unpaired) electrons. The van der Waals surface area contributed by atoms with Crippen LogP contribution in [0.3, 0.4) is 0 Å². The zero-order chi connectivity index (χ0) is 35.8. The summed E-state index contributed by atoms with van der Waals surface area (Å²) in [7, 11) is 0. The average molecular weight is 695 g/mol. The molecule has 0 aliphatic heterocycles. The fourth-order valence-corrected chi connectivity index (χ4v) is 9.81. The molecule has 1 aromatic heterocycles. The van der Waals surface area contributed by atoms with Crippen molar-refractivity contribution in [3.63, 3.8) is 0 Å². The normalized spacial score (nSPS) is 12.4. The minimum absolute atomic E-state index is 0.911. The Labute approximate surface area is 315 Å². The van der Waals surface area contributed by atoms with Crippen LogP contribution in [0, 0.1) is 0 Å². The van der Waals surface area contributed by atoms with Crippen molar-refractivity contribution in [1.29, 1.82) is 0 Å². The highest BCUT2D eigenvalue weighted by atomic mass is 16.3. The molecule has 55 heavy (non-hydrogen) atoms. The standard InChI is InChI=1S/C54H30O/c1-2-7-31(8-3-1)40-21-15-35-20-25-44-41(22-16-36-19-24-43(40)52(35)53(36)44)39-28-47(54-48(29-39)46-27-37-9-4-5-10-38(37)30-49(46)55-54)42-23-17-34-14-13-32-11-6-12-33-18-26-45(42)51(34)50(32)33/h1-30H. The van der Waals surface area contributed by atoms with Gasteiger partial charge in [-0.15, -0.1) is 0 Å². The molecule has 1 heteroatoms. The molecule has 1 nitrogen and oxygen atoms in total. The molecule has 0 saturated carbocycles. The third-order valence-corrected chi connectivity index (χ3v) is 12.3. The number of hydrogen-bond acceptors (Lipinski definition) is 1. The van der Waals surface area contributed by atoms with Crippen LogP contribution in [0.1, 0.15) is 0 Å². The van der Waals surface area contributed by atoms with E-state index in [2.05, 4.69) is 182 Å².